The lowest BCUT2D eigenvalue weighted by Crippen LogP contribution is -2.56. The zero-order valence-corrected chi connectivity index (χ0v) is 19.7. The molecule has 4 rings (SSSR count). The van der Waals surface area contributed by atoms with Gasteiger partial charge in [-0.25, -0.2) is 0 Å². The molecule has 4 nitrogen and oxygen atoms in total. The van der Waals surface area contributed by atoms with Crippen LogP contribution in [0.15, 0.2) is 78.9 Å². The number of hydrogen-bond donors (Lipinski definition) is 1. The topological polar surface area (TPSA) is 41.6 Å². The number of anilines is 1. The van der Waals surface area contributed by atoms with E-state index in [2.05, 4.69) is 43.4 Å². The van der Waals surface area contributed by atoms with Gasteiger partial charge in [-0.15, -0.1) is 0 Å². The van der Waals surface area contributed by atoms with Gasteiger partial charge in [0, 0.05) is 12.2 Å². The summed E-state index contributed by atoms with van der Waals surface area (Å²) >= 11 is 0. The van der Waals surface area contributed by atoms with Crippen LogP contribution in [-0.4, -0.2) is 24.0 Å². The van der Waals surface area contributed by atoms with Crippen molar-refractivity contribution < 1.29 is 9.53 Å². The summed E-state index contributed by atoms with van der Waals surface area (Å²) < 4.78 is 5.94. The Hall–Kier alpha value is -3.27. The minimum atomic E-state index is -0.653. The molecule has 3 aromatic rings. The molecule has 4 heteroatoms. The van der Waals surface area contributed by atoms with Crippen molar-refractivity contribution in [1.82, 2.24) is 4.90 Å². The predicted octanol–water partition coefficient (Wildman–Crippen LogP) is 6.63. The lowest BCUT2D eigenvalue weighted by atomic mass is 9.93. The van der Waals surface area contributed by atoms with E-state index in [4.69, 9.17) is 4.74 Å². The second kappa shape index (κ2) is 10.6. The Morgan fingerprint density at radius 1 is 0.879 bits per heavy atom. The van der Waals surface area contributed by atoms with E-state index in [0.29, 0.717) is 6.54 Å². The normalized spacial score (nSPS) is 17.4. The zero-order valence-electron chi connectivity index (χ0n) is 19.7. The first-order chi connectivity index (χ1) is 16.1. The smallest absolute Gasteiger partial charge is 0.258 e. The second-order valence-corrected chi connectivity index (χ2v) is 8.87. The molecule has 1 unspecified atom stereocenters. The fourth-order valence-corrected chi connectivity index (χ4v) is 4.49. The van der Waals surface area contributed by atoms with E-state index in [1.165, 1.54) is 24.8 Å². The van der Waals surface area contributed by atoms with Crippen LogP contribution in [0.1, 0.15) is 61.0 Å². The number of amides is 1. The Balaban J connectivity index is 1.55. The minimum absolute atomic E-state index is 0.0547. The van der Waals surface area contributed by atoms with E-state index < -0.39 is 5.66 Å². The molecule has 0 bridgehead atoms. The molecule has 0 aromatic heterocycles. The van der Waals surface area contributed by atoms with Gasteiger partial charge in [-0.1, -0.05) is 80.8 Å². The summed E-state index contributed by atoms with van der Waals surface area (Å²) in [6, 6.07) is 26.3. The van der Waals surface area contributed by atoms with E-state index in [1.807, 2.05) is 59.5 Å². The predicted molar refractivity (Wildman–Crippen MR) is 135 cm³/mol. The number of rotatable bonds is 10. The van der Waals surface area contributed by atoms with Crippen molar-refractivity contribution in [1.29, 1.82) is 0 Å². The number of ether oxygens (including phenoxy) is 1. The average Bonchev–Trinajstić information content (AvgIpc) is 2.85. The van der Waals surface area contributed by atoms with Crippen LogP contribution in [-0.2, 0) is 12.1 Å². The Bertz CT molecular complexity index is 1050. The molecule has 1 atom stereocenters. The van der Waals surface area contributed by atoms with Gasteiger partial charge in [0.05, 0.1) is 12.2 Å². The highest BCUT2D eigenvalue weighted by atomic mass is 16.5. The first-order valence-corrected chi connectivity index (χ1v) is 12.1. The van der Waals surface area contributed by atoms with Crippen molar-refractivity contribution in [2.45, 2.75) is 51.6 Å². The lowest BCUT2D eigenvalue weighted by molar-refractivity contribution is 0.0539. The third-order valence-electron chi connectivity index (χ3n) is 6.47. The molecule has 1 aliphatic rings. The molecule has 0 aliphatic carbocycles. The third-order valence-corrected chi connectivity index (χ3v) is 6.47. The van der Waals surface area contributed by atoms with Gasteiger partial charge in [0.15, 0.2) is 0 Å². The van der Waals surface area contributed by atoms with Crippen molar-refractivity contribution >= 4 is 11.6 Å². The zero-order chi connectivity index (χ0) is 23.1. The Morgan fingerprint density at radius 3 is 2.36 bits per heavy atom. The number of hydrogen-bond acceptors (Lipinski definition) is 3. The molecule has 1 heterocycles. The quantitative estimate of drug-likeness (QED) is 0.358. The van der Waals surface area contributed by atoms with Crippen LogP contribution in [0, 0.1) is 0 Å². The maximum atomic E-state index is 13.6. The molecule has 1 aliphatic heterocycles. The van der Waals surface area contributed by atoms with Crippen LogP contribution in [0.2, 0.25) is 0 Å². The molecule has 172 valence electrons. The van der Waals surface area contributed by atoms with E-state index in [-0.39, 0.29) is 5.91 Å². The van der Waals surface area contributed by atoms with Crippen LogP contribution in [0.25, 0.3) is 0 Å². The van der Waals surface area contributed by atoms with Crippen LogP contribution in [0.4, 0.5) is 5.69 Å². The van der Waals surface area contributed by atoms with Gasteiger partial charge in [-0.3, -0.25) is 4.79 Å². The van der Waals surface area contributed by atoms with Crippen molar-refractivity contribution in [2.24, 2.45) is 0 Å². The van der Waals surface area contributed by atoms with Crippen LogP contribution in [0.3, 0.4) is 0 Å². The second-order valence-electron chi connectivity index (χ2n) is 8.87. The third kappa shape index (κ3) is 5.22. The molecule has 0 saturated carbocycles. The summed E-state index contributed by atoms with van der Waals surface area (Å²) in [4.78, 5) is 15.5. The highest BCUT2D eigenvalue weighted by Crippen LogP contribution is 2.38. The van der Waals surface area contributed by atoms with E-state index in [0.717, 1.165) is 42.0 Å². The van der Waals surface area contributed by atoms with Gasteiger partial charge < -0.3 is 15.0 Å². The monoisotopic (exact) mass is 442 g/mol. The van der Waals surface area contributed by atoms with Gasteiger partial charge in [0.1, 0.15) is 11.4 Å². The SMILES string of the molecule is CCCCCCOc1ccc(C2(C)Nc3ccccc3C(=O)N2CCc2ccccc2)cc1. The lowest BCUT2D eigenvalue weighted by Gasteiger charge is -2.47. The van der Waals surface area contributed by atoms with Crippen LogP contribution < -0.4 is 10.1 Å². The molecular formula is C29H34N2O2. The molecule has 0 fully saturated rings. The highest BCUT2D eigenvalue weighted by Gasteiger charge is 2.42. The van der Waals surface area contributed by atoms with Crippen LogP contribution >= 0.6 is 0 Å². The number of fused-ring (bicyclic) bond motifs is 1. The number of benzene rings is 3. The molecule has 0 saturated heterocycles. The summed E-state index contributed by atoms with van der Waals surface area (Å²) in [6.07, 6.45) is 5.55. The molecular weight excluding hydrogens is 408 g/mol. The molecule has 1 N–H and O–H groups in total. The largest absolute Gasteiger partial charge is 0.494 e. The number of para-hydroxylation sites is 1. The van der Waals surface area contributed by atoms with Gasteiger partial charge >= 0.3 is 0 Å². The summed E-state index contributed by atoms with van der Waals surface area (Å²) in [5.74, 6) is 0.927. The summed E-state index contributed by atoms with van der Waals surface area (Å²) in [7, 11) is 0. The average molecular weight is 443 g/mol. The van der Waals surface area contributed by atoms with Crippen molar-refractivity contribution in [3.63, 3.8) is 0 Å². The minimum Gasteiger partial charge on any atom is -0.494 e. The Labute approximate surface area is 197 Å². The molecule has 33 heavy (non-hydrogen) atoms. The Kier molecular flexibility index (Phi) is 7.33. The van der Waals surface area contributed by atoms with E-state index in [1.54, 1.807) is 0 Å². The van der Waals surface area contributed by atoms with Crippen LogP contribution in [0.5, 0.6) is 5.75 Å². The van der Waals surface area contributed by atoms with Gasteiger partial charge in [-0.05, 0) is 55.2 Å². The fraction of sp³-hybridized carbons (Fsp3) is 0.345. The van der Waals surface area contributed by atoms with Crippen molar-refractivity contribution in [3.05, 3.63) is 95.6 Å². The maximum absolute atomic E-state index is 13.6. The maximum Gasteiger partial charge on any atom is 0.258 e. The van der Waals surface area contributed by atoms with Gasteiger partial charge in [-0.2, -0.15) is 0 Å². The number of carbonyl (C=O) groups is 1. The molecule has 0 radical (unpaired) electrons. The number of unbranched alkanes of at least 4 members (excludes halogenated alkanes) is 3. The Morgan fingerprint density at radius 2 is 1.61 bits per heavy atom. The number of carbonyl (C=O) groups excluding carboxylic acids is 1. The first-order valence-electron chi connectivity index (χ1n) is 12.1. The number of nitrogens with zero attached hydrogens (tertiary/aromatic N) is 1. The number of nitrogens with one attached hydrogen (secondary N) is 1. The van der Waals surface area contributed by atoms with Crippen molar-refractivity contribution in [3.8, 4) is 5.75 Å². The fourth-order valence-electron chi connectivity index (χ4n) is 4.49. The van der Waals surface area contributed by atoms with Crippen molar-refractivity contribution in [2.75, 3.05) is 18.5 Å². The summed E-state index contributed by atoms with van der Waals surface area (Å²) in [5.41, 5.74) is 3.20. The highest BCUT2D eigenvalue weighted by molar-refractivity contribution is 6.02. The standard InChI is InChI=1S/C29H34N2O2/c1-3-4-5-11-22-33-25-18-16-24(17-19-25)29(2)30-27-15-10-9-14-26(27)28(32)31(29)21-20-23-12-7-6-8-13-23/h6-10,12-19,30H,3-5,11,20-22H2,1-2H3. The summed E-state index contributed by atoms with van der Waals surface area (Å²) in [5, 5.41) is 3.66. The van der Waals surface area contributed by atoms with E-state index >= 15 is 0 Å². The van der Waals surface area contributed by atoms with E-state index in [9.17, 15) is 4.79 Å². The van der Waals surface area contributed by atoms with Gasteiger partial charge in [0.25, 0.3) is 5.91 Å². The molecule has 0 spiro atoms. The van der Waals surface area contributed by atoms with Gasteiger partial charge in [0.2, 0.25) is 0 Å². The summed E-state index contributed by atoms with van der Waals surface area (Å²) in [6.45, 7) is 5.67. The molecule has 1 amide bonds. The molecule has 3 aromatic carbocycles. The first kappa shape index (κ1) is 22.9.